The first-order chi connectivity index (χ1) is 12.2. The van der Waals surface area contributed by atoms with Crippen LogP contribution < -0.4 is 10.2 Å². The number of carbonyl (C=O) groups is 1. The van der Waals surface area contributed by atoms with E-state index in [0.717, 1.165) is 29.9 Å². The molecular formula is C21H19N3O. The minimum Gasteiger partial charge on any atom is -0.325 e. The lowest BCUT2D eigenvalue weighted by molar-refractivity contribution is 0.102. The van der Waals surface area contributed by atoms with Crippen molar-refractivity contribution in [3.05, 3.63) is 83.6 Å². The van der Waals surface area contributed by atoms with E-state index < -0.39 is 0 Å². The number of carbonyl (C=O) groups excluding carboxylic acids is 1. The molecule has 0 spiro atoms. The first-order valence-electron chi connectivity index (χ1n) is 8.41. The van der Waals surface area contributed by atoms with Crippen molar-refractivity contribution in [3.63, 3.8) is 0 Å². The summed E-state index contributed by atoms with van der Waals surface area (Å²) in [4.78, 5) is 19.4. The Morgan fingerprint density at radius 2 is 1.84 bits per heavy atom. The van der Waals surface area contributed by atoms with Gasteiger partial charge in [0.2, 0.25) is 0 Å². The molecule has 2 heterocycles. The number of pyridine rings is 1. The zero-order chi connectivity index (χ0) is 17.2. The smallest absolute Gasteiger partial charge is 0.259 e. The topological polar surface area (TPSA) is 45.2 Å². The largest absolute Gasteiger partial charge is 0.325 e. The van der Waals surface area contributed by atoms with Gasteiger partial charge in [0.1, 0.15) is 5.82 Å². The number of amides is 1. The van der Waals surface area contributed by atoms with Crippen LogP contribution in [0.2, 0.25) is 0 Å². The number of para-hydroxylation sites is 1. The number of rotatable bonds is 3. The summed E-state index contributed by atoms with van der Waals surface area (Å²) < 4.78 is 0. The Morgan fingerprint density at radius 1 is 1.04 bits per heavy atom. The number of aryl methyl sites for hydroxylation is 1. The van der Waals surface area contributed by atoms with Crippen molar-refractivity contribution in [3.8, 4) is 0 Å². The number of fused-ring (bicyclic) bond motifs is 1. The first-order valence-corrected chi connectivity index (χ1v) is 8.41. The van der Waals surface area contributed by atoms with Crippen molar-refractivity contribution in [2.75, 3.05) is 16.8 Å². The van der Waals surface area contributed by atoms with E-state index in [0.29, 0.717) is 11.4 Å². The van der Waals surface area contributed by atoms with Crippen molar-refractivity contribution in [1.82, 2.24) is 4.98 Å². The number of nitrogens with one attached hydrogen (secondary N) is 1. The van der Waals surface area contributed by atoms with Gasteiger partial charge < -0.3 is 10.2 Å². The molecule has 1 aliphatic heterocycles. The van der Waals surface area contributed by atoms with Crippen LogP contribution in [-0.2, 0) is 6.42 Å². The SMILES string of the molecule is Cc1ccc(NC(=O)c2cccnc2N2CCc3ccccc32)cc1. The molecule has 124 valence electrons. The molecule has 0 unspecified atom stereocenters. The summed E-state index contributed by atoms with van der Waals surface area (Å²) in [6.45, 7) is 2.86. The Kier molecular flexibility index (Phi) is 3.94. The van der Waals surface area contributed by atoms with Crippen LogP contribution in [0, 0.1) is 6.92 Å². The minimum absolute atomic E-state index is 0.142. The van der Waals surface area contributed by atoms with Crippen molar-refractivity contribution in [2.45, 2.75) is 13.3 Å². The highest BCUT2D eigenvalue weighted by molar-refractivity contribution is 6.08. The molecule has 1 amide bonds. The molecule has 1 aliphatic rings. The van der Waals surface area contributed by atoms with E-state index in [-0.39, 0.29) is 5.91 Å². The number of benzene rings is 2. The predicted molar refractivity (Wildman–Crippen MR) is 101 cm³/mol. The van der Waals surface area contributed by atoms with Crippen molar-refractivity contribution in [1.29, 1.82) is 0 Å². The fraction of sp³-hybridized carbons (Fsp3) is 0.143. The third-order valence-electron chi connectivity index (χ3n) is 4.48. The molecule has 2 aromatic carbocycles. The Hall–Kier alpha value is -3.14. The average molecular weight is 329 g/mol. The minimum atomic E-state index is -0.142. The fourth-order valence-corrected chi connectivity index (χ4v) is 3.18. The van der Waals surface area contributed by atoms with E-state index in [2.05, 4.69) is 27.3 Å². The molecule has 4 heteroatoms. The van der Waals surface area contributed by atoms with E-state index in [4.69, 9.17) is 0 Å². The Balaban J connectivity index is 1.66. The van der Waals surface area contributed by atoms with Gasteiger partial charge in [0.25, 0.3) is 5.91 Å². The van der Waals surface area contributed by atoms with Crippen LogP contribution in [0.5, 0.6) is 0 Å². The molecule has 3 aromatic rings. The third-order valence-corrected chi connectivity index (χ3v) is 4.48. The number of nitrogens with zero attached hydrogens (tertiary/aromatic N) is 2. The molecule has 0 fully saturated rings. The molecule has 4 rings (SSSR count). The summed E-state index contributed by atoms with van der Waals surface area (Å²) in [5, 5.41) is 2.97. The van der Waals surface area contributed by atoms with Gasteiger partial charge in [0.05, 0.1) is 5.56 Å². The van der Waals surface area contributed by atoms with Gasteiger partial charge in [0.15, 0.2) is 0 Å². The third kappa shape index (κ3) is 2.98. The fourth-order valence-electron chi connectivity index (χ4n) is 3.18. The van der Waals surface area contributed by atoms with Crippen molar-refractivity contribution < 1.29 is 4.79 Å². The van der Waals surface area contributed by atoms with Crippen LogP contribution in [0.3, 0.4) is 0 Å². The maximum Gasteiger partial charge on any atom is 0.259 e. The molecule has 0 saturated heterocycles. The highest BCUT2D eigenvalue weighted by atomic mass is 16.1. The molecule has 25 heavy (non-hydrogen) atoms. The molecule has 0 bridgehead atoms. The van der Waals surface area contributed by atoms with Gasteiger partial charge in [-0.3, -0.25) is 4.79 Å². The maximum atomic E-state index is 12.8. The molecular weight excluding hydrogens is 310 g/mol. The second-order valence-electron chi connectivity index (χ2n) is 6.23. The van der Waals surface area contributed by atoms with Crippen LogP contribution in [0.15, 0.2) is 66.9 Å². The van der Waals surface area contributed by atoms with Crippen LogP contribution in [0.25, 0.3) is 0 Å². The van der Waals surface area contributed by atoms with Crippen molar-refractivity contribution in [2.24, 2.45) is 0 Å². The normalized spacial score (nSPS) is 12.8. The standard InChI is InChI=1S/C21H19N3O/c1-15-8-10-17(11-9-15)23-21(25)18-6-4-13-22-20(18)24-14-12-16-5-2-3-7-19(16)24/h2-11,13H,12,14H2,1H3,(H,23,25). The van der Waals surface area contributed by atoms with Gasteiger partial charge in [0, 0.05) is 24.1 Å². The van der Waals surface area contributed by atoms with Crippen LogP contribution >= 0.6 is 0 Å². The second kappa shape index (κ2) is 6.40. The summed E-state index contributed by atoms with van der Waals surface area (Å²) in [5.74, 6) is 0.563. The van der Waals surface area contributed by atoms with Crippen molar-refractivity contribution >= 4 is 23.1 Å². The van der Waals surface area contributed by atoms with Gasteiger partial charge in [-0.25, -0.2) is 4.98 Å². The van der Waals surface area contributed by atoms with E-state index in [9.17, 15) is 4.79 Å². The molecule has 0 radical (unpaired) electrons. The summed E-state index contributed by atoms with van der Waals surface area (Å²) in [6, 6.07) is 19.7. The van der Waals surface area contributed by atoms with Gasteiger partial charge in [-0.2, -0.15) is 0 Å². The maximum absolute atomic E-state index is 12.8. The first kappa shape index (κ1) is 15.4. The Morgan fingerprint density at radius 3 is 2.68 bits per heavy atom. The molecule has 1 N–H and O–H groups in total. The van der Waals surface area contributed by atoms with Gasteiger partial charge in [-0.15, -0.1) is 0 Å². The zero-order valence-electron chi connectivity index (χ0n) is 14.1. The molecule has 0 aliphatic carbocycles. The molecule has 0 atom stereocenters. The monoisotopic (exact) mass is 329 g/mol. The molecule has 1 aromatic heterocycles. The lowest BCUT2D eigenvalue weighted by Gasteiger charge is -2.21. The second-order valence-corrected chi connectivity index (χ2v) is 6.23. The highest BCUT2D eigenvalue weighted by Crippen LogP contribution is 2.34. The Labute approximate surface area is 147 Å². The summed E-state index contributed by atoms with van der Waals surface area (Å²) in [5.41, 5.74) is 4.95. The van der Waals surface area contributed by atoms with Crippen LogP contribution in [-0.4, -0.2) is 17.4 Å². The molecule has 0 saturated carbocycles. The van der Waals surface area contributed by atoms with E-state index in [1.807, 2.05) is 49.4 Å². The number of hydrogen-bond acceptors (Lipinski definition) is 3. The summed E-state index contributed by atoms with van der Waals surface area (Å²) in [6.07, 6.45) is 2.70. The summed E-state index contributed by atoms with van der Waals surface area (Å²) in [7, 11) is 0. The number of hydrogen-bond donors (Lipinski definition) is 1. The number of anilines is 3. The van der Waals surface area contributed by atoms with E-state index in [1.54, 1.807) is 12.3 Å². The lowest BCUT2D eigenvalue weighted by Crippen LogP contribution is -2.21. The summed E-state index contributed by atoms with van der Waals surface area (Å²) >= 11 is 0. The van der Waals surface area contributed by atoms with Gasteiger partial charge in [-0.05, 0) is 49.2 Å². The van der Waals surface area contributed by atoms with E-state index >= 15 is 0 Å². The van der Waals surface area contributed by atoms with Crippen LogP contribution in [0.4, 0.5) is 17.2 Å². The van der Waals surface area contributed by atoms with Gasteiger partial charge in [-0.1, -0.05) is 35.9 Å². The zero-order valence-corrected chi connectivity index (χ0v) is 14.1. The Bertz CT molecular complexity index is 918. The average Bonchev–Trinajstić information content (AvgIpc) is 3.07. The molecule has 4 nitrogen and oxygen atoms in total. The quantitative estimate of drug-likeness (QED) is 0.777. The van der Waals surface area contributed by atoms with E-state index in [1.165, 1.54) is 5.56 Å². The highest BCUT2D eigenvalue weighted by Gasteiger charge is 2.25. The number of aromatic nitrogens is 1. The lowest BCUT2D eigenvalue weighted by atomic mass is 10.1. The van der Waals surface area contributed by atoms with Gasteiger partial charge >= 0.3 is 0 Å². The predicted octanol–water partition coefficient (Wildman–Crippen LogP) is 4.34. The van der Waals surface area contributed by atoms with Crippen LogP contribution in [0.1, 0.15) is 21.5 Å².